The van der Waals surface area contributed by atoms with Crippen LogP contribution in [0.1, 0.15) is 25.8 Å². The third-order valence-electron chi connectivity index (χ3n) is 3.86. The lowest BCUT2D eigenvalue weighted by Gasteiger charge is -2.14. The molecule has 3 N–H and O–H groups in total. The van der Waals surface area contributed by atoms with Crippen LogP contribution in [0.4, 0.5) is 5.69 Å². The predicted octanol–water partition coefficient (Wildman–Crippen LogP) is 2.84. The quantitative estimate of drug-likeness (QED) is 0.261. The maximum Gasteiger partial charge on any atom is 0.329 e. The van der Waals surface area contributed by atoms with Crippen LogP contribution in [0.15, 0.2) is 52.0 Å². The van der Waals surface area contributed by atoms with Gasteiger partial charge < -0.3 is 20.1 Å². The molecule has 0 saturated heterocycles. The van der Waals surface area contributed by atoms with Crippen molar-refractivity contribution in [3.05, 3.63) is 52.5 Å². The van der Waals surface area contributed by atoms with Crippen molar-refractivity contribution in [2.75, 3.05) is 25.1 Å². The zero-order chi connectivity index (χ0) is 23.3. The highest BCUT2D eigenvalue weighted by Crippen LogP contribution is 2.36. The second-order valence-electron chi connectivity index (χ2n) is 6.42. The molecule has 0 unspecified atom stereocenters. The number of amides is 3. The zero-order valence-electron chi connectivity index (χ0n) is 17.8. The maximum absolute atomic E-state index is 12.2. The van der Waals surface area contributed by atoms with E-state index >= 15 is 0 Å². The fourth-order valence-corrected chi connectivity index (χ4v) is 3.03. The van der Waals surface area contributed by atoms with E-state index in [1.807, 2.05) is 32.0 Å². The lowest BCUT2D eigenvalue weighted by Crippen LogP contribution is -2.38. The Labute approximate surface area is 194 Å². The van der Waals surface area contributed by atoms with Gasteiger partial charge in [-0.1, -0.05) is 25.1 Å². The molecule has 170 valence electrons. The third kappa shape index (κ3) is 8.03. The highest BCUT2D eigenvalue weighted by Gasteiger charge is 2.15. The molecule has 0 radical (unpaired) electrons. The van der Waals surface area contributed by atoms with Crippen LogP contribution in [0.5, 0.6) is 11.5 Å². The van der Waals surface area contributed by atoms with E-state index in [9.17, 15) is 14.4 Å². The summed E-state index contributed by atoms with van der Waals surface area (Å²) < 4.78 is 11.8. The van der Waals surface area contributed by atoms with E-state index in [0.29, 0.717) is 40.4 Å². The summed E-state index contributed by atoms with van der Waals surface area (Å²) in [5.74, 6) is -1.18. The molecule has 0 spiro atoms. The van der Waals surface area contributed by atoms with Crippen LogP contribution in [-0.2, 0) is 14.4 Å². The summed E-state index contributed by atoms with van der Waals surface area (Å²) in [5.41, 5.74) is 3.41. The summed E-state index contributed by atoms with van der Waals surface area (Å²) in [6.07, 6.45) is 2.09. The topological polar surface area (TPSA) is 118 Å². The maximum atomic E-state index is 12.2. The number of rotatable bonds is 10. The first-order chi connectivity index (χ1) is 15.4. The Kier molecular flexibility index (Phi) is 10.2. The molecule has 2 rings (SSSR count). The molecule has 0 aliphatic rings. The monoisotopic (exact) mass is 504 g/mol. The summed E-state index contributed by atoms with van der Waals surface area (Å²) in [6, 6.07) is 12.4. The Morgan fingerprint density at radius 3 is 2.50 bits per heavy atom. The molecule has 0 saturated carbocycles. The Hall–Kier alpha value is -3.40. The lowest BCUT2D eigenvalue weighted by molar-refractivity contribution is -0.139. The number of hydrazone groups is 1. The largest absolute Gasteiger partial charge is 0.490 e. The Morgan fingerprint density at radius 2 is 1.81 bits per heavy atom. The van der Waals surface area contributed by atoms with Gasteiger partial charge in [0.25, 0.3) is 5.91 Å². The molecule has 3 amide bonds. The lowest BCUT2D eigenvalue weighted by atomic mass is 10.2. The van der Waals surface area contributed by atoms with Crippen molar-refractivity contribution in [3.8, 4) is 11.5 Å². The number of benzene rings is 2. The molecule has 10 heteroatoms. The molecule has 2 aromatic rings. The second kappa shape index (κ2) is 13.1. The van der Waals surface area contributed by atoms with Crippen LogP contribution < -0.4 is 25.5 Å². The molecule has 0 bridgehead atoms. The van der Waals surface area contributed by atoms with Crippen molar-refractivity contribution in [1.29, 1.82) is 0 Å². The number of nitrogens with zero attached hydrogens (tertiary/aromatic N) is 1. The molecule has 2 aromatic carbocycles. The minimum absolute atomic E-state index is 0.218. The second-order valence-corrected chi connectivity index (χ2v) is 7.28. The molecule has 0 fully saturated rings. The van der Waals surface area contributed by atoms with E-state index in [-0.39, 0.29) is 12.5 Å². The van der Waals surface area contributed by atoms with E-state index < -0.39 is 11.8 Å². The van der Waals surface area contributed by atoms with Crippen LogP contribution >= 0.6 is 15.9 Å². The molecule has 32 heavy (non-hydrogen) atoms. The summed E-state index contributed by atoms with van der Waals surface area (Å²) in [5, 5.41) is 9.00. The van der Waals surface area contributed by atoms with Crippen LogP contribution in [0.25, 0.3) is 0 Å². The van der Waals surface area contributed by atoms with E-state index in [4.69, 9.17) is 9.47 Å². The number of anilines is 1. The Balaban J connectivity index is 2.03. The molecule has 0 aliphatic carbocycles. The number of halogens is 1. The molecule has 0 heterocycles. The van der Waals surface area contributed by atoms with Gasteiger partial charge in [-0.05, 0) is 59.1 Å². The first-order valence-electron chi connectivity index (χ1n) is 9.99. The first kappa shape index (κ1) is 24.9. The highest BCUT2D eigenvalue weighted by molar-refractivity contribution is 9.10. The summed E-state index contributed by atoms with van der Waals surface area (Å²) in [6.45, 7) is 4.26. The van der Waals surface area contributed by atoms with Crippen LogP contribution in [0.2, 0.25) is 0 Å². The molecular weight excluding hydrogens is 480 g/mol. The van der Waals surface area contributed by atoms with Gasteiger partial charge in [0.15, 0.2) is 18.1 Å². The van der Waals surface area contributed by atoms with E-state index in [1.165, 1.54) is 6.21 Å². The van der Waals surface area contributed by atoms with Crippen LogP contribution in [-0.4, -0.2) is 43.7 Å². The van der Waals surface area contributed by atoms with Gasteiger partial charge in [-0.2, -0.15) is 5.10 Å². The van der Waals surface area contributed by atoms with Gasteiger partial charge in [0, 0.05) is 12.2 Å². The number of nitrogens with one attached hydrogen (secondary N) is 3. The molecule has 0 aromatic heterocycles. The number of hydrogen-bond donors (Lipinski definition) is 3. The third-order valence-corrected chi connectivity index (χ3v) is 4.45. The van der Waals surface area contributed by atoms with Crippen molar-refractivity contribution in [2.24, 2.45) is 5.10 Å². The van der Waals surface area contributed by atoms with Crippen molar-refractivity contribution in [1.82, 2.24) is 10.7 Å². The van der Waals surface area contributed by atoms with Crippen molar-refractivity contribution < 1.29 is 23.9 Å². The summed E-state index contributed by atoms with van der Waals surface area (Å²) in [4.78, 5) is 35.4. The van der Waals surface area contributed by atoms with Gasteiger partial charge in [-0.25, -0.2) is 5.43 Å². The highest BCUT2D eigenvalue weighted by atomic mass is 79.9. The number of carbonyl (C=O) groups is 3. The van der Waals surface area contributed by atoms with Crippen molar-refractivity contribution in [2.45, 2.75) is 20.3 Å². The Morgan fingerprint density at radius 1 is 1.06 bits per heavy atom. The van der Waals surface area contributed by atoms with Crippen molar-refractivity contribution >= 4 is 45.6 Å². The van der Waals surface area contributed by atoms with E-state index in [1.54, 1.807) is 24.3 Å². The zero-order valence-corrected chi connectivity index (χ0v) is 19.4. The summed E-state index contributed by atoms with van der Waals surface area (Å²) >= 11 is 3.41. The number of hydrogen-bond acceptors (Lipinski definition) is 6. The average Bonchev–Trinajstić information content (AvgIpc) is 2.77. The fourth-order valence-electron chi connectivity index (χ4n) is 2.46. The predicted molar refractivity (Wildman–Crippen MR) is 125 cm³/mol. The minimum atomic E-state index is -0.858. The van der Waals surface area contributed by atoms with Crippen molar-refractivity contribution in [3.63, 3.8) is 0 Å². The number of para-hydroxylation sites is 1. The molecule has 0 aliphatic heterocycles. The van der Waals surface area contributed by atoms with Gasteiger partial charge in [0.2, 0.25) is 0 Å². The van der Waals surface area contributed by atoms with Crippen LogP contribution in [0, 0.1) is 0 Å². The fraction of sp³-hybridized carbons (Fsp3) is 0.273. The minimum Gasteiger partial charge on any atom is -0.490 e. The summed E-state index contributed by atoms with van der Waals surface area (Å²) in [7, 11) is 0. The van der Waals surface area contributed by atoms with Crippen LogP contribution in [0.3, 0.4) is 0 Å². The van der Waals surface area contributed by atoms with E-state index in [0.717, 1.165) is 6.42 Å². The van der Waals surface area contributed by atoms with Gasteiger partial charge in [-0.15, -0.1) is 0 Å². The number of ether oxygens (including phenoxy) is 2. The molecule has 0 atom stereocenters. The average molecular weight is 505 g/mol. The Bertz CT molecular complexity index is 966. The van der Waals surface area contributed by atoms with Gasteiger partial charge >= 0.3 is 11.8 Å². The molecular formula is C22H25BrN4O5. The van der Waals surface area contributed by atoms with Gasteiger partial charge in [0.1, 0.15) is 0 Å². The van der Waals surface area contributed by atoms with Gasteiger partial charge in [0.05, 0.1) is 17.3 Å². The number of carbonyl (C=O) groups excluding carboxylic acids is 3. The molecule has 9 nitrogen and oxygen atoms in total. The smallest absolute Gasteiger partial charge is 0.329 e. The standard InChI is InChI=1S/C22H25BrN4O5/c1-3-10-24-21(29)22(30)27-25-13-15-11-17(23)20(18(12-15)31-4-2)32-14-19(28)26-16-8-6-5-7-9-16/h5-9,11-13H,3-4,10,14H2,1-2H3,(H,24,29)(H,26,28)(H,27,30)/b25-13-. The normalized spacial score (nSPS) is 10.5. The van der Waals surface area contributed by atoms with Gasteiger partial charge in [-0.3, -0.25) is 14.4 Å². The first-order valence-corrected chi connectivity index (χ1v) is 10.8. The van der Waals surface area contributed by atoms with E-state index in [2.05, 4.69) is 37.1 Å². The SMILES string of the molecule is CCCNC(=O)C(=O)N/N=C\c1cc(Br)c(OCC(=O)Nc2ccccc2)c(OCC)c1.